The number of nitrogens with zero attached hydrogens (tertiary/aromatic N) is 3. The quantitative estimate of drug-likeness (QED) is 0.816. The third kappa shape index (κ3) is 1.89. The summed E-state index contributed by atoms with van der Waals surface area (Å²) in [4.78, 5) is 19.5. The van der Waals surface area contributed by atoms with Gasteiger partial charge >= 0.3 is 0 Å². The summed E-state index contributed by atoms with van der Waals surface area (Å²) in [5.41, 5.74) is 6.43. The van der Waals surface area contributed by atoms with Crippen molar-refractivity contribution >= 4 is 17.2 Å². The molecule has 0 saturated heterocycles. The van der Waals surface area contributed by atoms with E-state index in [4.69, 9.17) is 11.0 Å². The maximum atomic E-state index is 11.4. The summed E-state index contributed by atoms with van der Waals surface area (Å²) in [6, 6.07) is 9.11. The summed E-state index contributed by atoms with van der Waals surface area (Å²) >= 11 is 0. The minimum Gasteiger partial charge on any atom is -0.391 e. The molecular formula is C12H11N5O. The average molecular weight is 241 g/mol. The molecule has 0 radical (unpaired) electrons. The van der Waals surface area contributed by atoms with E-state index in [-0.39, 0.29) is 5.69 Å². The van der Waals surface area contributed by atoms with E-state index in [1.807, 2.05) is 0 Å². The monoisotopic (exact) mass is 241 g/mol. The highest BCUT2D eigenvalue weighted by Gasteiger charge is 2.14. The van der Waals surface area contributed by atoms with Gasteiger partial charge in [-0.2, -0.15) is 5.26 Å². The lowest BCUT2D eigenvalue weighted by Gasteiger charge is -2.20. The maximum absolute atomic E-state index is 11.4. The van der Waals surface area contributed by atoms with Gasteiger partial charge in [0.1, 0.15) is 11.8 Å². The van der Waals surface area contributed by atoms with E-state index in [1.165, 1.54) is 6.33 Å². The van der Waals surface area contributed by atoms with Crippen molar-refractivity contribution in [1.82, 2.24) is 9.97 Å². The normalized spacial score (nSPS) is 9.78. The van der Waals surface area contributed by atoms with Gasteiger partial charge in [-0.1, -0.05) is 12.1 Å². The number of hydrogen-bond donors (Lipinski definition) is 2. The van der Waals surface area contributed by atoms with Crippen LogP contribution in [0.3, 0.4) is 0 Å². The summed E-state index contributed by atoms with van der Waals surface area (Å²) in [7, 11) is 1.70. The number of aromatic nitrogens is 2. The van der Waals surface area contributed by atoms with Crippen molar-refractivity contribution in [1.29, 1.82) is 5.26 Å². The lowest BCUT2D eigenvalue weighted by molar-refractivity contribution is 1.06. The van der Waals surface area contributed by atoms with Gasteiger partial charge in [0.05, 0.1) is 17.6 Å². The predicted molar refractivity (Wildman–Crippen MR) is 68.5 cm³/mol. The first-order valence-corrected chi connectivity index (χ1v) is 5.21. The predicted octanol–water partition coefficient (Wildman–Crippen LogP) is 0.992. The van der Waals surface area contributed by atoms with Gasteiger partial charge in [-0.15, -0.1) is 0 Å². The van der Waals surface area contributed by atoms with Crippen molar-refractivity contribution in [3.05, 3.63) is 46.5 Å². The van der Waals surface area contributed by atoms with Crippen LogP contribution in [-0.4, -0.2) is 17.0 Å². The highest BCUT2D eigenvalue weighted by atomic mass is 16.1. The Morgan fingerprint density at radius 2 is 2.17 bits per heavy atom. The fourth-order valence-electron chi connectivity index (χ4n) is 1.64. The second-order valence-corrected chi connectivity index (χ2v) is 3.66. The Hall–Kier alpha value is -2.81. The Morgan fingerprint density at radius 3 is 2.89 bits per heavy atom. The zero-order valence-electron chi connectivity index (χ0n) is 9.71. The number of H-pyrrole nitrogens is 1. The molecule has 2 rings (SSSR count). The lowest BCUT2D eigenvalue weighted by Crippen LogP contribution is -2.21. The van der Waals surface area contributed by atoms with Gasteiger partial charge in [-0.25, -0.2) is 4.98 Å². The van der Waals surface area contributed by atoms with Crippen LogP contribution < -0.4 is 16.2 Å². The molecule has 6 heteroatoms. The summed E-state index contributed by atoms with van der Waals surface area (Å²) in [6.07, 6.45) is 1.28. The molecule has 0 unspecified atom stereocenters. The van der Waals surface area contributed by atoms with E-state index in [2.05, 4.69) is 16.0 Å². The van der Waals surface area contributed by atoms with Crippen LogP contribution in [0.25, 0.3) is 0 Å². The molecule has 0 aliphatic rings. The number of benzene rings is 1. The van der Waals surface area contributed by atoms with Gasteiger partial charge in [0.25, 0.3) is 5.56 Å². The van der Waals surface area contributed by atoms with Gasteiger partial charge in [0.15, 0.2) is 5.82 Å². The molecule has 0 aliphatic heterocycles. The number of anilines is 3. The fraction of sp³-hybridized carbons (Fsp3) is 0.0833. The van der Waals surface area contributed by atoms with Crippen LogP contribution >= 0.6 is 0 Å². The standard InChI is InChI=1S/C12H11N5O/c1-17(9-5-3-2-4-8(9)6-13)11-10(14)12(18)16-7-15-11/h2-5,7H,14H2,1H3,(H,15,16,18). The molecule has 3 N–H and O–H groups in total. The van der Waals surface area contributed by atoms with Crippen LogP contribution in [-0.2, 0) is 0 Å². The number of hydrogen-bond acceptors (Lipinski definition) is 5. The molecule has 1 heterocycles. The van der Waals surface area contributed by atoms with E-state index in [9.17, 15) is 4.79 Å². The highest BCUT2D eigenvalue weighted by molar-refractivity contribution is 5.73. The molecular weight excluding hydrogens is 230 g/mol. The minimum absolute atomic E-state index is 0.0211. The summed E-state index contributed by atoms with van der Waals surface area (Å²) in [5, 5.41) is 9.04. The summed E-state index contributed by atoms with van der Waals surface area (Å²) < 4.78 is 0. The number of nitriles is 1. The number of rotatable bonds is 2. The molecule has 0 aliphatic carbocycles. The molecule has 0 amide bonds. The SMILES string of the molecule is CN(c1ccccc1C#N)c1nc[nH]c(=O)c1N. The highest BCUT2D eigenvalue weighted by Crippen LogP contribution is 2.26. The van der Waals surface area contributed by atoms with Crippen molar-refractivity contribution in [2.24, 2.45) is 0 Å². The second-order valence-electron chi connectivity index (χ2n) is 3.66. The maximum Gasteiger partial charge on any atom is 0.276 e. The smallest absolute Gasteiger partial charge is 0.276 e. The number of nitrogens with one attached hydrogen (secondary N) is 1. The molecule has 18 heavy (non-hydrogen) atoms. The first-order chi connectivity index (χ1) is 8.65. The van der Waals surface area contributed by atoms with Crippen LogP contribution in [0.15, 0.2) is 35.4 Å². The van der Waals surface area contributed by atoms with Crippen molar-refractivity contribution in [3.63, 3.8) is 0 Å². The van der Waals surface area contributed by atoms with Crippen LogP contribution in [0.1, 0.15) is 5.56 Å². The van der Waals surface area contributed by atoms with Crippen LogP contribution in [0.5, 0.6) is 0 Å². The van der Waals surface area contributed by atoms with Crippen molar-refractivity contribution in [2.45, 2.75) is 0 Å². The van der Waals surface area contributed by atoms with Gasteiger partial charge in [0, 0.05) is 7.05 Å². The van der Waals surface area contributed by atoms with Crippen LogP contribution in [0.2, 0.25) is 0 Å². The Labute approximate surface area is 103 Å². The summed E-state index contributed by atoms with van der Waals surface area (Å²) in [6.45, 7) is 0. The van der Waals surface area contributed by atoms with Gasteiger partial charge in [-0.05, 0) is 12.1 Å². The van der Waals surface area contributed by atoms with Gasteiger partial charge in [-0.3, -0.25) is 4.79 Å². The van der Waals surface area contributed by atoms with E-state index < -0.39 is 5.56 Å². The minimum atomic E-state index is -0.402. The zero-order chi connectivity index (χ0) is 13.1. The van der Waals surface area contributed by atoms with Crippen LogP contribution in [0, 0.1) is 11.3 Å². The Bertz CT molecular complexity index is 671. The fourth-order valence-corrected chi connectivity index (χ4v) is 1.64. The third-order valence-corrected chi connectivity index (χ3v) is 2.57. The molecule has 0 bridgehead atoms. The van der Waals surface area contributed by atoms with E-state index in [0.717, 1.165) is 0 Å². The van der Waals surface area contributed by atoms with Gasteiger partial charge in [0.2, 0.25) is 0 Å². The number of para-hydroxylation sites is 1. The molecule has 0 atom stereocenters. The second kappa shape index (κ2) is 4.59. The van der Waals surface area contributed by atoms with Gasteiger partial charge < -0.3 is 15.6 Å². The molecule has 0 saturated carbocycles. The third-order valence-electron chi connectivity index (χ3n) is 2.57. The van der Waals surface area contributed by atoms with Crippen molar-refractivity contribution in [3.8, 4) is 6.07 Å². The van der Waals surface area contributed by atoms with E-state index >= 15 is 0 Å². The molecule has 0 fully saturated rings. The first-order valence-electron chi connectivity index (χ1n) is 5.21. The molecule has 90 valence electrons. The zero-order valence-corrected chi connectivity index (χ0v) is 9.71. The number of nitrogen functional groups attached to an aromatic ring is 1. The Kier molecular flexibility index (Phi) is 2.98. The topological polar surface area (TPSA) is 98.8 Å². The van der Waals surface area contributed by atoms with Crippen molar-refractivity contribution in [2.75, 3.05) is 17.7 Å². The molecule has 1 aromatic carbocycles. The Balaban J connectivity index is 2.55. The number of nitrogens with two attached hydrogens (primary N) is 1. The lowest BCUT2D eigenvalue weighted by atomic mass is 10.2. The Morgan fingerprint density at radius 1 is 1.44 bits per heavy atom. The molecule has 2 aromatic rings. The van der Waals surface area contributed by atoms with Crippen LogP contribution in [0.4, 0.5) is 17.2 Å². The van der Waals surface area contributed by atoms with Crippen molar-refractivity contribution < 1.29 is 0 Å². The molecule has 0 spiro atoms. The number of aromatic amines is 1. The molecule has 6 nitrogen and oxygen atoms in total. The average Bonchev–Trinajstić information content (AvgIpc) is 2.41. The van der Waals surface area contributed by atoms with E-state index in [0.29, 0.717) is 17.1 Å². The summed E-state index contributed by atoms with van der Waals surface area (Å²) in [5.74, 6) is 0.321. The first kappa shape index (κ1) is 11.7. The molecule has 1 aromatic heterocycles. The van der Waals surface area contributed by atoms with E-state index in [1.54, 1.807) is 36.2 Å². The largest absolute Gasteiger partial charge is 0.391 e.